The van der Waals surface area contributed by atoms with E-state index in [0.29, 0.717) is 0 Å². The van der Waals surface area contributed by atoms with Gasteiger partial charge in [0.2, 0.25) is 0 Å². The standard InChI is InChI=1S/C72H50N2/c1-6-20-51(21-7-1)58-28-18-30-60(48-58)53-36-42-63(43-37-53)73(64-44-38-54(39-45-64)61-31-19-29-59(49-61)52-22-8-2-9-23-52)65-46-40-55(41-47-65)68-50-69-70(56-24-10-3-11-25-56)71(57-26-12-4-13-27-57)74(62-32-14-5-15-33-62)72(69)67-35-17-16-34-66(67)68/h1-50H. The lowest BCUT2D eigenvalue weighted by Crippen LogP contribution is -2.09. The minimum atomic E-state index is 1.07. The van der Waals surface area contributed by atoms with E-state index >= 15 is 0 Å². The third-order valence-electron chi connectivity index (χ3n) is 14.4. The van der Waals surface area contributed by atoms with Crippen LogP contribution in [0.15, 0.2) is 303 Å². The maximum atomic E-state index is 2.48. The van der Waals surface area contributed by atoms with Crippen LogP contribution in [0, 0.1) is 0 Å². The Bertz CT molecular complexity index is 3930. The van der Waals surface area contributed by atoms with Crippen molar-refractivity contribution in [1.82, 2.24) is 4.57 Å². The van der Waals surface area contributed by atoms with Crippen molar-refractivity contribution in [2.24, 2.45) is 0 Å². The van der Waals surface area contributed by atoms with Crippen molar-refractivity contribution in [3.05, 3.63) is 303 Å². The Morgan fingerprint density at radius 3 is 1.04 bits per heavy atom. The van der Waals surface area contributed by atoms with E-state index in [4.69, 9.17) is 0 Å². The molecule has 0 aliphatic heterocycles. The summed E-state index contributed by atoms with van der Waals surface area (Å²) in [5.41, 5.74) is 22.2. The lowest BCUT2D eigenvalue weighted by molar-refractivity contribution is 1.14. The van der Waals surface area contributed by atoms with Gasteiger partial charge in [-0.25, -0.2) is 0 Å². The molecule has 1 heterocycles. The number of hydrogen-bond donors (Lipinski definition) is 0. The molecule has 348 valence electrons. The van der Waals surface area contributed by atoms with Gasteiger partial charge in [0, 0.05) is 39.1 Å². The summed E-state index contributed by atoms with van der Waals surface area (Å²) in [6.07, 6.45) is 0. The average Bonchev–Trinajstić information content (AvgIpc) is 3.86. The summed E-state index contributed by atoms with van der Waals surface area (Å²) in [5.74, 6) is 0. The molecule has 0 saturated carbocycles. The van der Waals surface area contributed by atoms with Crippen molar-refractivity contribution >= 4 is 38.7 Å². The number of fused-ring (bicyclic) bond motifs is 3. The maximum Gasteiger partial charge on any atom is 0.0620 e. The van der Waals surface area contributed by atoms with Crippen LogP contribution in [0.4, 0.5) is 17.1 Å². The van der Waals surface area contributed by atoms with Gasteiger partial charge in [-0.3, -0.25) is 0 Å². The molecule has 0 radical (unpaired) electrons. The second-order valence-electron chi connectivity index (χ2n) is 18.9. The quantitative estimate of drug-likeness (QED) is 0.125. The average molecular weight is 943 g/mol. The van der Waals surface area contributed by atoms with Crippen molar-refractivity contribution in [2.45, 2.75) is 0 Å². The Hall–Kier alpha value is -9.76. The molecule has 0 N–H and O–H groups in total. The first-order chi connectivity index (χ1) is 36.7. The Kier molecular flexibility index (Phi) is 11.6. The van der Waals surface area contributed by atoms with Gasteiger partial charge in [0.1, 0.15) is 0 Å². The number of aromatic nitrogens is 1. The number of benzene rings is 12. The van der Waals surface area contributed by atoms with Gasteiger partial charge in [-0.05, 0) is 139 Å². The van der Waals surface area contributed by atoms with Crippen molar-refractivity contribution in [3.8, 4) is 83.7 Å². The van der Waals surface area contributed by atoms with Gasteiger partial charge < -0.3 is 9.47 Å². The summed E-state index contributed by atoms with van der Waals surface area (Å²) < 4.78 is 2.48. The fourth-order valence-electron chi connectivity index (χ4n) is 10.8. The van der Waals surface area contributed by atoms with E-state index in [9.17, 15) is 0 Å². The smallest absolute Gasteiger partial charge is 0.0620 e. The molecular weight excluding hydrogens is 893 g/mol. The Labute approximate surface area is 433 Å². The highest BCUT2D eigenvalue weighted by molar-refractivity contribution is 6.20. The predicted octanol–water partition coefficient (Wildman–Crippen LogP) is 19.9. The summed E-state index contributed by atoms with van der Waals surface area (Å²) in [6, 6.07) is 110. The van der Waals surface area contributed by atoms with Crippen LogP contribution in [-0.4, -0.2) is 4.57 Å². The number of rotatable bonds is 11. The van der Waals surface area contributed by atoms with Crippen LogP contribution in [-0.2, 0) is 0 Å². The van der Waals surface area contributed by atoms with Crippen LogP contribution in [0.25, 0.3) is 105 Å². The summed E-state index contributed by atoms with van der Waals surface area (Å²) >= 11 is 0. The lowest BCUT2D eigenvalue weighted by atomic mass is 9.92. The van der Waals surface area contributed by atoms with E-state index in [-0.39, 0.29) is 0 Å². The highest BCUT2D eigenvalue weighted by atomic mass is 15.1. The van der Waals surface area contributed by atoms with E-state index in [1.54, 1.807) is 0 Å². The molecule has 13 aromatic rings. The zero-order valence-electron chi connectivity index (χ0n) is 40.8. The molecule has 0 aliphatic rings. The molecular formula is C72H50N2. The first-order valence-electron chi connectivity index (χ1n) is 25.4. The van der Waals surface area contributed by atoms with Gasteiger partial charge >= 0.3 is 0 Å². The molecule has 13 rings (SSSR count). The fraction of sp³-hybridized carbons (Fsp3) is 0. The van der Waals surface area contributed by atoms with E-state index in [1.807, 2.05) is 0 Å². The molecule has 74 heavy (non-hydrogen) atoms. The molecule has 0 fully saturated rings. The van der Waals surface area contributed by atoms with Crippen LogP contribution in [0.5, 0.6) is 0 Å². The van der Waals surface area contributed by atoms with Gasteiger partial charge in [-0.15, -0.1) is 0 Å². The molecule has 12 aromatic carbocycles. The predicted molar refractivity (Wildman–Crippen MR) is 314 cm³/mol. The van der Waals surface area contributed by atoms with Crippen molar-refractivity contribution in [2.75, 3.05) is 4.90 Å². The molecule has 1 aromatic heterocycles. The van der Waals surface area contributed by atoms with Gasteiger partial charge in [0.15, 0.2) is 0 Å². The Morgan fingerprint density at radius 2 is 0.581 bits per heavy atom. The monoisotopic (exact) mass is 942 g/mol. The van der Waals surface area contributed by atoms with Crippen LogP contribution in [0.3, 0.4) is 0 Å². The third-order valence-corrected chi connectivity index (χ3v) is 14.4. The van der Waals surface area contributed by atoms with Gasteiger partial charge in [0.05, 0.1) is 11.2 Å². The third kappa shape index (κ3) is 8.35. The van der Waals surface area contributed by atoms with Crippen molar-refractivity contribution in [1.29, 1.82) is 0 Å². The summed E-state index contributed by atoms with van der Waals surface area (Å²) in [6.45, 7) is 0. The van der Waals surface area contributed by atoms with E-state index in [2.05, 4.69) is 313 Å². The van der Waals surface area contributed by atoms with Crippen molar-refractivity contribution in [3.63, 3.8) is 0 Å². The number of anilines is 3. The van der Waals surface area contributed by atoms with Crippen LogP contribution in [0.1, 0.15) is 0 Å². The zero-order chi connectivity index (χ0) is 49.2. The summed E-state index contributed by atoms with van der Waals surface area (Å²) in [4.78, 5) is 2.37. The van der Waals surface area contributed by atoms with Gasteiger partial charge in [0.25, 0.3) is 0 Å². The Morgan fingerprint density at radius 1 is 0.230 bits per heavy atom. The van der Waals surface area contributed by atoms with Gasteiger partial charge in [-0.1, -0.05) is 237 Å². The molecule has 0 bridgehead atoms. The fourth-order valence-corrected chi connectivity index (χ4v) is 10.8. The van der Waals surface area contributed by atoms with E-state index < -0.39 is 0 Å². The van der Waals surface area contributed by atoms with Crippen LogP contribution >= 0.6 is 0 Å². The van der Waals surface area contributed by atoms with Crippen LogP contribution < -0.4 is 4.90 Å². The van der Waals surface area contributed by atoms with E-state index in [0.717, 1.165) is 28.3 Å². The summed E-state index contributed by atoms with van der Waals surface area (Å²) in [5, 5.41) is 3.62. The summed E-state index contributed by atoms with van der Waals surface area (Å²) in [7, 11) is 0. The molecule has 2 heteroatoms. The minimum Gasteiger partial charge on any atom is -0.311 e. The topological polar surface area (TPSA) is 8.17 Å². The Balaban J connectivity index is 0.941. The van der Waals surface area contributed by atoms with Crippen LogP contribution in [0.2, 0.25) is 0 Å². The first kappa shape index (κ1) is 44.2. The second kappa shape index (κ2) is 19.4. The van der Waals surface area contributed by atoms with Crippen molar-refractivity contribution < 1.29 is 0 Å². The minimum absolute atomic E-state index is 1.07. The molecule has 2 nitrogen and oxygen atoms in total. The second-order valence-corrected chi connectivity index (χ2v) is 18.9. The number of nitrogens with zero attached hydrogens (tertiary/aromatic N) is 2. The largest absolute Gasteiger partial charge is 0.311 e. The zero-order valence-corrected chi connectivity index (χ0v) is 40.8. The maximum absolute atomic E-state index is 2.48. The number of hydrogen-bond acceptors (Lipinski definition) is 1. The molecule has 0 saturated heterocycles. The van der Waals surface area contributed by atoms with E-state index in [1.165, 1.54) is 94.1 Å². The normalized spacial score (nSPS) is 11.2. The number of para-hydroxylation sites is 1. The molecule has 0 unspecified atom stereocenters. The SMILES string of the molecule is c1ccc(-c2cccc(-c3ccc(N(c4ccc(-c5cccc(-c6ccccc6)c5)cc4)c4ccc(-c5cc6c(-c7ccccc7)c(-c7ccccc7)n(-c7ccccc7)c6c6ccccc56)cc4)cc3)c2)cc1. The molecule has 0 aliphatic carbocycles. The van der Waals surface area contributed by atoms with Gasteiger partial charge in [-0.2, -0.15) is 0 Å². The first-order valence-corrected chi connectivity index (χ1v) is 25.4. The molecule has 0 atom stereocenters. The molecule has 0 spiro atoms. The lowest BCUT2D eigenvalue weighted by Gasteiger charge is -2.26. The highest BCUT2D eigenvalue weighted by Crippen LogP contribution is 2.48. The highest BCUT2D eigenvalue weighted by Gasteiger charge is 2.25. The molecule has 0 amide bonds.